The van der Waals surface area contributed by atoms with E-state index < -0.39 is 0 Å². The monoisotopic (exact) mass is 416 g/mol. The van der Waals surface area contributed by atoms with Crippen LogP contribution < -0.4 is 11.1 Å². The van der Waals surface area contributed by atoms with Crippen molar-refractivity contribution < 1.29 is 4.74 Å². The summed E-state index contributed by atoms with van der Waals surface area (Å²) in [5.41, 5.74) is 10.5. The predicted molar refractivity (Wildman–Crippen MR) is 125 cm³/mol. The second-order valence-corrected chi connectivity index (χ2v) is 7.65. The molecule has 0 fully saturated rings. The van der Waals surface area contributed by atoms with Gasteiger partial charge in [-0.25, -0.2) is 9.97 Å². The van der Waals surface area contributed by atoms with Crippen molar-refractivity contribution in [2.45, 2.75) is 25.8 Å². The molecular formula is C24H28N6O. The van der Waals surface area contributed by atoms with Gasteiger partial charge in [0.2, 0.25) is 5.95 Å². The zero-order valence-corrected chi connectivity index (χ0v) is 18.0. The highest BCUT2D eigenvalue weighted by Crippen LogP contribution is 2.26. The maximum Gasteiger partial charge on any atom is 0.224 e. The van der Waals surface area contributed by atoms with Crippen LogP contribution >= 0.6 is 0 Å². The Kier molecular flexibility index (Phi) is 6.43. The van der Waals surface area contributed by atoms with E-state index in [1.165, 1.54) is 5.56 Å². The SMILES string of the molecule is COCCCn1c(-c2cccc(N)c2)nc2cnc(NC[C@@H](C)c3ccccc3)nc21. The van der Waals surface area contributed by atoms with Gasteiger partial charge in [-0.1, -0.05) is 49.4 Å². The van der Waals surface area contributed by atoms with Crippen molar-refractivity contribution in [1.29, 1.82) is 0 Å². The van der Waals surface area contributed by atoms with Crippen LogP contribution in [0.15, 0.2) is 60.8 Å². The Bertz CT molecular complexity index is 1140. The number of aromatic nitrogens is 4. The molecule has 1 atom stereocenters. The lowest BCUT2D eigenvalue weighted by Gasteiger charge is -2.13. The average Bonchev–Trinajstić information content (AvgIpc) is 3.16. The first-order chi connectivity index (χ1) is 15.2. The van der Waals surface area contributed by atoms with Crippen molar-refractivity contribution in [3.8, 4) is 11.4 Å². The maximum atomic E-state index is 6.01. The number of fused-ring (bicyclic) bond motifs is 1. The number of imidazole rings is 1. The molecule has 0 aliphatic rings. The summed E-state index contributed by atoms with van der Waals surface area (Å²) < 4.78 is 7.37. The number of hydrogen-bond donors (Lipinski definition) is 2. The van der Waals surface area contributed by atoms with Crippen molar-refractivity contribution in [2.24, 2.45) is 0 Å². The Hall–Kier alpha value is -3.45. The van der Waals surface area contributed by atoms with Gasteiger partial charge in [-0.05, 0) is 30.0 Å². The molecule has 2 heterocycles. The van der Waals surface area contributed by atoms with E-state index in [4.69, 9.17) is 20.4 Å². The number of rotatable bonds is 9. The molecule has 0 unspecified atom stereocenters. The third-order valence-electron chi connectivity index (χ3n) is 5.30. The number of nitrogens with two attached hydrogens (primary N) is 1. The van der Waals surface area contributed by atoms with Gasteiger partial charge in [0.1, 0.15) is 11.3 Å². The van der Waals surface area contributed by atoms with Crippen LogP contribution in [0.3, 0.4) is 0 Å². The van der Waals surface area contributed by atoms with Gasteiger partial charge in [-0.15, -0.1) is 0 Å². The van der Waals surface area contributed by atoms with Crippen LogP contribution in [-0.2, 0) is 11.3 Å². The van der Waals surface area contributed by atoms with E-state index in [1.807, 2.05) is 30.3 Å². The summed E-state index contributed by atoms with van der Waals surface area (Å²) in [4.78, 5) is 14.1. The fourth-order valence-corrected chi connectivity index (χ4v) is 3.62. The molecule has 4 aromatic rings. The number of hydrogen-bond acceptors (Lipinski definition) is 6. The van der Waals surface area contributed by atoms with E-state index in [0.29, 0.717) is 24.2 Å². The molecular weight excluding hydrogens is 388 g/mol. The minimum atomic E-state index is 0.343. The summed E-state index contributed by atoms with van der Waals surface area (Å²) in [5, 5.41) is 3.38. The average molecular weight is 417 g/mol. The van der Waals surface area contributed by atoms with E-state index in [1.54, 1.807) is 13.3 Å². The minimum absolute atomic E-state index is 0.343. The largest absolute Gasteiger partial charge is 0.399 e. The summed E-state index contributed by atoms with van der Waals surface area (Å²) in [7, 11) is 1.71. The number of nitrogen functional groups attached to an aromatic ring is 1. The lowest BCUT2D eigenvalue weighted by Crippen LogP contribution is -2.12. The number of aryl methyl sites for hydroxylation is 1. The second-order valence-electron chi connectivity index (χ2n) is 7.65. The van der Waals surface area contributed by atoms with Crippen LogP contribution in [0.2, 0.25) is 0 Å². The molecule has 7 nitrogen and oxygen atoms in total. The molecule has 0 spiro atoms. The highest BCUT2D eigenvalue weighted by molar-refractivity contribution is 5.78. The van der Waals surface area contributed by atoms with Crippen molar-refractivity contribution >= 4 is 22.8 Å². The fourth-order valence-electron chi connectivity index (χ4n) is 3.62. The van der Waals surface area contributed by atoms with Crippen molar-refractivity contribution in [2.75, 3.05) is 31.3 Å². The smallest absolute Gasteiger partial charge is 0.224 e. The van der Waals surface area contributed by atoms with Gasteiger partial charge >= 0.3 is 0 Å². The van der Waals surface area contributed by atoms with Crippen molar-refractivity contribution in [3.05, 3.63) is 66.4 Å². The number of nitrogens with zero attached hydrogens (tertiary/aromatic N) is 4. The zero-order chi connectivity index (χ0) is 21.6. The van der Waals surface area contributed by atoms with Gasteiger partial charge in [0.25, 0.3) is 0 Å². The summed E-state index contributed by atoms with van der Waals surface area (Å²) in [6.07, 6.45) is 2.63. The van der Waals surface area contributed by atoms with Gasteiger partial charge in [0, 0.05) is 38.1 Å². The zero-order valence-electron chi connectivity index (χ0n) is 18.0. The molecule has 3 N–H and O–H groups in total. The van der Waals surface area contributed by atoms with Crippen LogP contribution in [0, 0.1) is 0 Å². The number of nitrogens with one attached hydrogen (secondary N) is 1. The Balaban J connectivity index is 1.63. The lowest BCUT2D eigenvalue weighted by atomic mass is 10.0. The highest BCUT2D eigenvalue weighted by Gasteiger charge is 2.16. The normalized spacial score (nSPS) is 12.2. The van der Waals surface area contributed by atoms with Crippen molar-refractivity contribution in [3.63, 3.8) is 0 Å². The third-order valence-corrected chi connectivity index (χ3v) is 5.30. The number of ether oxygens (including phenoxy) is 1. The molecule has 0 radical (unpaired) electrons. The molecule has 0 bridgehead atoms. The number of benzene rings is 2. The molecule has 0 saturated heterocycles. The summed E-state index contributed by atoms with van der Waals surface area (Å²) in [6.45, 7) is 4.34. The third kappa shape index (κ3) is 4.83. The van der Waals surface area contributed by atoms with Crippen molar-refractivity contribution in [1.82, 2.24) is 19.5 Å². The first-order valence-corrected chi connectivity index (χ1v) is 10.5. The first-order valence-electron chi connectivity index (χ1n) is 10.5. The predicted octanol–water partition coefficient (Wildman–Crippen LogP) is 4.33. The Labute approximate surface area is 182 Å². The van der Waals surface area contributed by atoms with Gasteiger partial charge in [0.05, 0.1) is 6.20 Å². The summed E-state index contributed by atoms with van der Waals surface area (Å²) in [5.74, 6) is 1.78. The molecule has 2 aromatic heterocycles. The van der Waals surface area contributed by atoms with Crippen LogP contribution in [0.4, 0.5) is 11.6 Å². The quantitative estimate of drug-likeness (QED) is 0.312. The summed E-state index contributed by atoms with van der Waals surface area (Å²) in [6, 6.07) is 18.2. The van der Waals surface area contributed by atoms with E-state index in [0.717, 1.165) is 42.1 Å². The molecule has 2 aromatic carbocycles. The lowest BCUT2D eigenvalue weighted by molar-refractivity contribution is 0.191. The Morgan fingerprint density at radius 3 is 2.71 bits per heavy atom. The first kappa shape index (κ1) is 20.8. The summed E-state index contributed by atoms with van der Waals surface area (Å²) >= 11 is 0. The van der Waals surface area contributed by atoms with Gasteiger partial charge < -0.3 is 20.4 Å². The molecule has 31 heavy (non-hydrogen) atoms. The van der Waals surface area contributed by atoms with Crippen LogP contribution in [0.5, 0.6) is 0 Å². The molecule has 0 aliphatic heterocycles. The highest BCUT2D eigenvalue weighted by atomic mass is 16.5. The molecule has 0 aliphatic carbocycles. The van der Waals surface area contributed by atoms with Crippen LogP contribution in [0.25, 0.3) is 22.6 Å². The van der Waals surface area contributed by atoms with Gasteiger partial charge in [-0.2, -0.15) is 4.98 Å². The second kappa shape index (κ2) is 9.57. The topological polar surface area (TPSA) is 90.9 Å². The number of methoxy groups -OCH3 is 1. The molecule has 7 heteroatoms. The van der Waals surface area contributed by atoms with E-state index >= 15 is 0 Å². The standard InChI is InChI=1S/C24H28N6O/c1-17(18-8-4-3-5-9-18)15-26-24-27-16-21-23(29-24)30(12-7-13-31-2)22(28-21)19-10-6-11-20(25)14-19/h3-6,8-11,14,16-17H,7,12-13,15,25H2,1-2H3,(H,26,27,29)/t17-/m1/s1. The maximum absolute atomic E-state index is 6.01. The Morgan fingerprint density at radius 1 is 1.10 bits per heavy atom. The molecule has 160 valence electrons. The minimum Gasteiger partial charge on any atom is -0.399 e. The van der Waals surface area contributed by atoms with Crippen LogP contribution in [-0.4, -0.2) is 39.8 Å². The van der Waals surface area contributed by atoms with E-state index in [2.05, 4.69) is 46.1 Å². The molecule has 0 amide bonds. The van der Waals surface area contributed by atoms with E-state index in [-0.39, 0.29) is 0 Å². The molecule has 4 rings (SSSR count). The Morgan fingerprint density at radius 2 is 1.94 bits per heavy atom. The van der Waals surface area contributed by atoms with Crippen LogP contribution in [0.1, 0.15) is 24.8 Å². The number of anilines is 2. The fraction of sp³-hybridized carbons (Fsp3) is 0.292. The molecule has 0 saturated carbocycles. The van der Waals surface area contributed by atoms with E-state index in [9.17, 15) is 0 Å². The van der Waals surface area contributed by atoms with Gasteiger partial charge in [-0.3, -0.25) is 0 Å². The van der Waals surface area contributed by atoms with Gasteiger partial charge in [0.15, 0.2) is 5.65 Å².